The summed E-state index contributed by atoms with van der Waals surface area (Å²) in [5.41, 5.74) is 0.574. The molecule has 2 rings (SSSR count). The fraction of sp³-hybridized carbons (Fsp3) is 0.688. The molecular weight excluding hydrogens is 254 g/mol. The Morgan fingerprint density at radius 2 is 2.00 bits per heavy atom. The molecule has 1 aliphatic rings. The number of hydrogen-bond acceptors (Lipinski definition) is 3. The molecule has 1 aromatic rings. The van der Waals surface area contributed by atoms with Crippen molar-refractivity contribution in [2.24, 2.45) is 5.41 Å². The van der Waals surface area contributed by atoms with Gasteiger partial charge < -0.3 is 14.4 Å². The number of carboxylic acids is 1. The van der Waals surface area contributed by atoms with Crippen LogP contribution in [0.5, 0.6) is 0 Å². The molecule has 1 heterocycles. The summed E-state index contributed by atoms with van der Waals surface area (Å²) in [6, 6.07) is 1.96. The second-order valence-corrected chi connectivity index (χ2v) is 6.17. The predicted molar refractivity (Wildman–Crippen MR) is 77.5 cm³/mol. The summed E-state index contributed by atoms with van der Waals surface area (Å²) < 4.78 is 5.30. The topological polar surface area (TPSA) is 53.7 Å². The highest BCUT2D eigenvalue weighted by molar-refractivity contribution is 5.75. The number of carbonyl (C=O) groups is 1. The van der Waals surface area contributed by atoms with Crippen LogP contribution in [0.15, 0.2) is 16.7 Å². The maximum absolute atomic E-state index is 11.8. The minimum atomic E-state index is -0.629. The first-order chi connectivity index (χ1) is 9.53. The molecular formula is C16H25NO3. The molecule has 112 valence electrons. The van der Waals surface area contributed by atoms with Crippen LogP contribution in [0.2, 0.25) is 0 Å². The molecule has 0 bridgehead atoms. The summed E-state index contributed by atoms with van der Waals surface area (Å²) in [7, 11) is 2.00. The number of nitrogens with zero attached hydrogens (tertiary/aromatic N) is 1. The van der Waals surface area contributed by atoms with Crippen LogP contribution in [0.25, 0.3) is 0 Å². The van der Waals surface area contributed by atoms with Gasteiger partial charge in [0.15, 0.2) is 0 Å². The Hall–Kier alpha value is -1.29. The summed E-state index contributed by atoms with van der Waals surface area (Å²) >= 11 is 0. The third-order valence-electron chi connectivity index (χ3n) is 4.49. The van der Waals surface area contributed by atoms with E-state index in [1.54, 1.807) is 6.26 Å². The Balaban J connectivity index is 2.04. The van der Waals surface area contributed by atoms with Crippen molar-refractivity contribution in [3.05, 3.63) is 23.7 Å². The number of hydrogen-bond donors (Lipinski definition) is 1. The van der Waals surface area contributed by atoms with E-state index < -0.39 is 11.4 Å². The van der Waals surface area contributed by atoms with Crippen LogP contribution in [-0.2, 0) is 11.3 Å². The highest BCUT2D eigenvalue weighted by Gasteiger charge is 2.39. The van der Waals surface area contributed by atoms with E-state index in [2.05, 4.69) is 4.90 Å². The first-order valence-electron chi connectivity index (χ1n) is 7.48. The summed E-state index contributed by atoms with van der Waals surface area (Å²) in [4.78, 5) is 13.9. The van der Waals surface area contributed by atoms with Gasteiger partial charge in [0.25, 0.3) is 0 Å². The van der Waals surface area contributed by atoms with Gasteiger partial charge in [-0.05, 0) is 32.9 Å². The highest BCUT2D eigenvalue weighted by atomic mass is 16.4. The van der Waals surface area contributed by atoms with Crippen molar-refractivity contribution in [3.63, 3.8) is 0 Å². The number of furan rings is 1. The van der Waals surface area contributed by atoms with E-state index in [9.17, 15) is 9.90 Å². The van der Waals surface area contributed by atoms with Gasteiger partial charge >= 0.3 is 5.97 Å². The standard InChI is InChI=1S/C16H25NO3/c1-13-14(7-10-20-13)11-17(2)12-16(15(18)19)8-5-3-4-6-9-16/h7,10H,3-6,8-9,11-12H2,1-2H3,(H,18,19). The van der Waals surface area contributed by atoms with Crippen molar-refractivity contribution >= 4 is 5.97 Å². The summed E-state index contributed by atoms with van der Waals surface area (Å²) in [6.45, 7) is 3.31. The van der Waals surface area contributed by atoms with Gasteiger partial charge in [-0.1, -0.05) is 25.7 Å². The molecule has 1 saturated carbocycles. The lowest BCUT2D eigenvalue weighted by Gasteiger charge is -2.32. The lowest BCUT2D eigenvalue weighted by molar-refractivity contribution is -0.151. The SMILES string of the molecule is Cc1occc1CN(C)CC1(C(=O)O)CCCCCC1. The molecule has 0 amide bonds. The minimum Gasteiger partial charge on any atom is -0.481 e. The molecule has 4 nitrogen and oxygen atoms in total. The normalized spacial score (nSPS) is 18.9. The summed E-state index contributed by atoms with van der Waals surface area (Å²) in [5.74, 6) is 0.289. The minimum absolute atomic E-state index is 0.567. The van der Waals surface area contributed by atoms with E-state index in [1.165, 1.54) is 12.8 Å². The zero-order valence-electron chi connectivity index (χ0n) is 12.5. The lowest BCUT2D eigenvalue weighted by Crippen LogP contribution is -2.41. The average Bonchev–Trinajstić information content (AvgIpc) is 2.66. The smallest absolute Gasteiger partial charge is 0.310 e. The van der Waals surface area contributed by atoms with Gasteiger partial charge in [-0.15, -0.1) is 0 Å². The first-order valence-corrected chi connectivity index (χ1v) is 7.48. The van der Waals surface area contributed by atoms with E-state index in [0.717, 1.165) is 43.6 Å². The van der Waals surface area contributed by atoms with Gasteiger partial charge in [-0.25, -0.2) is 0 Å². The van der Waals surface area contributed by atoms with Crippen LogP contribution < -0.4 is 0 Å². The second kappa shape index (κ2) is 6.44. The van der Waals surface area contributed by atoms with Gasteiger partial charge in [-0.3, -0.25) is 4.79 Å². The van der Waals surface area contributed by atoms with Crippen molar-refractivity contribution in [3.8, 4) is 0 Å². The molecule has 1 N–H and O–H groups in total. The van der Waals surface area contributed by atoms with Crippen LogP contribution >= 0.6 is 0 Å². The van der Waals surface area contributed by atoms with Crippen LogP contribution in [0, 0.1) is 12.3 Å². The van der Waals surface area contributed by atoms with Crippen LogP contribution in [0.3, 0.4) is 0 Å². The van der Waals surface area contributed by atoms with Crippen molar-refractivity contribution in [2.45, 2.75) is 52.0 Å². The number of aryl methyl sites for hydroxylation is 1. The second-order valence-electron chi connectivity index (χ2n) is 6.17. The van der Waals surface area contributed by atoms with Gasteiger partial charge in [-0.2, -0.15) is 0 Å². The van der Waals surface area contributed by atoms with Crippen molar-refractivity contribution in [1.82, 2.24) is 4.90 Å². The van der Waals surface area contributed by atoms with Crippen molar-refractivity contribution in [2.75, 3.05) is 13.6 Å². The number of aliphatic carboxylic acids is 1. The Bertz CT molecular complexity index is 444. The number of carboxylic acid groups (broad SMARTS) is 1. The quantitative estimate of drug-likeness (QED) is 0.839. The van der Waals surface area contributed by atoms with Crippen molar-refractivity contribution in [1.29, 1.82) is 0 Å². The third kappa shape index (κ3) is 3.42. The van der Waals surface area contributed by atoms with E-state index in [0.29, 0.717) is 6.54 Å². The molecule has 0 saturated heterocycles. The molecule has 1 aliphatic carbocycles. The van der Waals surface area contributed by atoms with Gasteiger partial charge in [0.2, 0.25) is 0 Å². The monoisotopic (exact) mass is 279 g/mol. The molecule has 20 heavy (non-hydrogen) atoms. The van der Waals surface area contributed by atoms with Crippen LogP contribution in [-0.4, -0.2) is 29.6 Å². The van der Waals surface area contributed by atoms with Crippen LogP contribution in [0.4, 0.5) is 0 Å². The zero-order valence-corrected chi connectivity index (χ0v) is 12.5. The van der Waals surface area contributed by atoms with Crippen molar-refractivity contribution < 1.29 is 14.3 Å². The van der Waals surface area contributed by atoms with Gasteiger partial charge in [0.05, 0.1) is 11.7 Å². The Labute approximate surface area is 120 Å². The first kappa shape index (κ1) is 15.1. The largest absolute Gasteiger partial charge is 0.481 e. The Kier molecular flexibility index (Phi) is 4.86. The van der Waals surface area contributed by atoms with E-state index >= 15 is 0 Å². The van der Waals surface area contributed by atoms with E-state index in [4.69, 9.17) is 4.42 Å². The Morgan fingerprint density at radius 1 is 1.35 bits per heavy atom. The Morgan fingerprint density at radius 3 is 2.50 bits per heavy atom. The molecule has 0 unspecified atom stereocenters. The highest BCUT2D eigenvalue weighted by Crippen LogP contribution is 2.36. The van der Waals surface area contributed by atoms with E-state index in [1.807, 2.05) is 20.0 Å². The lowest BCUT2D eigenvalue weighted by atomic mass is 9.80. The molecule has 1 aromatic heterocycles. The third-order valence-corrected chi connectivity index (χ3v) is 4.49. The fourth-order valence-corrected chi connectivity index (χ4v) is 3.28. The molecule has 0 aromatic carbocycles. The van der Waals surface area contributed by atoms with Crippen LogP contribution in [0.1, 0.15) is 49.8 Å². The average molecular weight is 279 g/mol. The van der Waals surface area contributed by atoms with Gasteiger partial charge in [0, 0.05) is 18.7 Å². The fourth-order valence-electron chi connectivity index (χ4n) is 3.28. The molecule has 0 spiro atoms. The molecule has 1 fully saturated rings. The van der Waals surface area contributed by atoms with E-state index in [-0.39, 0.29) is 0 Å². The zero-order chi connectivity index (χ0) is 14.6. The number of rotatable bonds is 5. The maximum atomic E-state index is 11.8. The predicted octanol–water partition coefficient (Wildman–Crippen LogP) is 3.45. The molecule has 0 aliphatic heterocycles. The molecule has 4 heteroatoms. The molecule has 0 radical (unpaired) electrons. The summed E-state index contributed by atoms with van der Waals surface area (Å²) in [5, 5.41) is 9.70. The molecule has 0 atom stereocenters. The maximum Gasteiger partial charge on any atom is 0.310 e. The summed E-state index contributed by atoms with van der Waals surface area (Å²) in [6.07, 6.45) is 7.69. The van der Waals surface area contributed by atoms with Gasteiger partial charge in [0.1, 0.15) is 5.76 Å².